The predicted molar refractivity (Wildman–Crippen MR) is 40.4 cm³/mol. The smallest absolute Gasteiger partial charge is 0.750 e. The van der Waals surface area contributed by atoms with Gasteiger partial charge in [0, 0.05) is 0 Å². The van der Waals surface area contributed by atoms with Gasteiger partial charge in [-0.15, -0.1) is 0 Å². The Kier molecular flexibility index (Phi) is 34.3. The van der Waals surface area contributed by atoms with Crippen LogP contribution in [0.1, 0.15) is 0 Å². The molecule has 80 valence electrons. The first-order valence-electron chi connectivity index (χ1n) is 1.55. The average Bonchev–Trinajstić information content (AvgIpc) is 1.54. The molecule has 0 saturated carbocycles. The molecule has 0 bridgehead atoms. The normalized spacial score (nSPS) is 14.3. The topological polar surface area (TPSA) is 181 Å². The molecule has 3 atom stereocenters. The summed E-state index contributed by atoms with van der Waals surface area (Å²) in [5, 5.41) is 0. The molecule has 9 nitrogen and oxygen atoms in total. The Hall–Kier alpha value is 1.09. The third-order valence-electron chi connectivity index (χ3n) is 0. The molecule has 0 spiro atoms. The zero-order valence-corrected chi connectivity index (χ0v) is 11.4. The molecule has 0 aliphatic heterocycles. The van der Waals surface area contributed by atoms with Crippen molar-refractivity contribution in [3.05, 3.63) is 0 Å². The van der Waals surface area contributed by atoms with Gasteiger partial charge in [0.25, 0.3) is 0 Å². The zero-order chi connectivity index (χ0) is 10.7. The molecule has 0 aromatic carbocycles. The van der Waals surface area contributed by atoms with Gasteiger partial charge in [0.1, 0.15) is 0 Å². The third kappa shape index (κ3) is 1350. The molecule has 13 heteroatoms. The maximum Gasteiger partial charge on any atom is 3.00 e. The molecular formula is H3BiO9S3. The van der Waals surface area contributed by atoms with Crippen LogP contribution in [-0.4, -0.2) is 66.1 Å². The number of rotatable bonds is 0. The Morgan fingerprint density at radius 3 is 0.692 bits per heavy atom. The molecule has 0 saturated heterocycles. The van der Waals surface area contributed by atoms with Crippen LogP contribution in [-0.2, 0) is 34.1 Å². The van der Waals surface area contributed by atoms with E-state index < -0.39 is 34.1 Å². The summed E-state index contributed by atoms with van der Waals surface area (Å²) in [6.45, 7) is 0. The van der Waals surface area contributed by atoms with E-state index in [0.29, 0.717) is 0 Å². The fraction of sp³-hybridized carbons (Fsp3) is 0. The van der Waals surface area contributed by atoms with Crippen LogP contribution in [0.5, 0.6) is 0 Å². The number of hydrogen-bond acceptors (Lipinski definition) is 6. The molecule has 0 aromatic heterocycles. The molecule has 0 aromatic rings. The summed E-state index contributed by atoms with van der Waals surface area (Å²) in [6, 6.07) is 0. The predicted octanol–water partition coefficient (Wildman–Crippen LogP) is -2.37. The monoisotopic (exact) mass is 452 g/mol. The van der Waals surface area contributed by atoms with Gasteiger partial charge >= 0.3 is 26.2 Å². The van der Waals surface area contributed by atoms with Gasteiger partial charge in [0.05, 0.1) is 34.1 Å². The van der Waals surface area contributed by atoms with Gasteiger partial charge < -0.3 is 27.3 Å². The SMILES string of the molecule is O=S([O-])O.O=S([O-])O.O=S([O-])O.[Bi+3]. The van der Waals surface area contributed by atoms with Gasteiger partial charge in [-0.05, 0) is 0 Å². The third-order valence-corrected chi connectivity index (χ3v) is 0. The van der Waals surface area contributed by atoms with E-state index in [1.165, 1.54) is 0 Å². The maximum atomic E-state index is 8.56. The van der Waals surface area contributed by atoms with Gasteiger partial charge in [0.2, 0.25) is 0 Å². The van der Waals surface area contributed by atoms with E-state index >= 15 is 0 Å². The van der Waals surface area contributed by atoms with Crippen molar-refractivity contribution in [3.63, 3.8) is 0 Å². The largest absolute Gasteiger partial charge is 3.00 e. The maximum absolute atomic E-state index is 8.56. The average molecular weight is 452 g/mol. The Labute approximate surface area is 99.8 Å². The van der Waals surface area contributed by atoms with Crippen molar-refractivity contribution in [1.29, 1.82) is 0 Å². The van der Waals surface area contributed by atoms with Crippen LogP contribution in [0.2, 0.25) is 0 Å². The molecule has 13 heavy (non-hydrogen) atoms. The minimum Gasteiger partial charge on any atom is -0.750 e. The van der Waals surface area contributed by atoms with Crippen LogP contribution in [0, 0.1) is 0 Å². The minimum absolute atomic E-state index is 0. The van der Waals surface area contributed by atoms with Crippen molar-refractivity contribution in [2.45, 2.75) is 0 Å². The summed E-state index contributed by atoms with van der Waals surface area (Å²) in [6.07, 6.45) is 0. The Bertz CT molecular complexity index is 112. The van der Waals surface area contributed by atoms with Crippen molar-refractivity contribution >= 4 is 60.3 Å². The van der Waals surface area contributed by atoms with Crippen LogP contribution in [0.3, 0.4) is 0 Å². The summed E-state index contributed by atoms with van der Waals surface area (Å²) >= 11 is -8.58. The quantitative estimate of drug-likeness (QED) is 0.267. The molecule has 2 radical (unpaired) electrons. The van der Waals surface area contributed by atoms with Crippen molar-refractivity contribution in [1.82, 2.24) is 0 Å². The van der Waals surface area contributed by atoms with Gasteiger partial charge in [-0.3, -0.25) is 0 Å². The minimum atomic E-state index is -2.86. The molecular weight excluding hydrogens is 449 g/mol. The second-order valence-electron chi connectivity index (χ2n) is 0.651. The van der Waals surface area contributed by atoms with E-state index in [0.717, 1.165) is 0 Å². The van der Waals surface area contributed by atoms with Gasteiger partial charge in [-0.25, -0.2) is 12.6 Å². The summed E-state index contributed by atoms with van der Waals surface area (Å²) in [4.78, 5) is 0. The van der Waals surface area contributed by atoms with E-state index in [1.807, 2.05) is 0 Å². The number of hydrogen-bond donors (Lipinski definition) is 3. The van der Waals surface area contributed by atoms with E-state index in [1.54, 1.807) is 0 Å². The summed E-state index contributed by atoms with van der Waals surface area (Å²) in [5.41, 5.74) is 0. The fourth-order valence-corrected chi connectivity index (χ4v) is 0. The van der Waals surface area contributed by atoms with E-state index in [-0.39, 0.29) is 26.2 Å². The molecule has 3 N–H and O–H groups in total. The first kappa shape index (κ1) is 23.7. The molecule has 0 aliphatic rings. The van der Waals surface area contributed by atoms with Crippen molar-refractivity contribution < 1.29 is 39.9 Å². The van der Waals surface area contributed by atoms with E-state index in [9.17, 15) is 0 Å². The fourth-order valence-electron chi connectivity index (χ4n) is 0. The molecule has 0 rings (SSSR count). The van der Waals surface area contributed by atoms with Gasteiger partial charge in [-0.1, -0.05) is 0 Å². The Balaban J connectivity index is -0.0000000450. The van der Waals surface area contributed by atoms with Crippen molar-refractivity contribution in [3.8, 4) is 0 Å². The molecule has 0 amide bonds. The Morgan fingerprint density at radius 1 is 0.692 bits per heavy atom. The van der Waals surface area contributed by atoms with Crippen molar-refractivity contribution in [2.24, 2.45) is 0 Å². The molecule has 0 fully saturated rings. The van der Waals surface area contributed by atoms with Crippen LogP contribution in [0.15, 0.2) is 0 Å². The zero-order valence-electron chi connectivity index (χ0n) is 5.46. The Morgan fingerprint density at radius 2 is 0.692 bits per heavy atom. The van der Waals surface area contributed by atoms with Crippen LogP contribution in [0.25, 0.3) is 0 Å². The van der Waals surface area contributed by atoms with E-state index in [4.69, 9.17) is 39.9 Å². The first-order chi connectivity index (χ1) is 5.20. The molecule has 3 unspecified atom stereocenters. The molecule has 0 aliphatic carbocycles. The first-order valence-corrected chi connectivity index (χ1v) is 4.64. The second kappa shape index (κ2) is 18.8. The standard InChI is InChI=1S/Bi.3H2O3S/c;3*1-4(2)3/h;3*(H2,1,2,3)/q+3;;;/p-3. The van der Waals surface area contributed by atoms with Crippen molar-refractivity contribution in [2.75, 3.05) is 0 Å². The van der Waals surface area contributed by atoms with Gasteiger partial charge in [-0.2, -0.15) is 0 Å². The van der Waals surface area contributed by atoms with Crippen LogP contribution >= 0.6 is 0 Å². The summed E-state index contributed by atoms with van der Waals surface area (Å²) < 4.78 is 72.2. The van der Waals surface area contributed by atoms with Crippen LogP contribution in [0.4, 0.5) is 0 Å². The summed E-state index contributed by atoms with van der Waals surface area (Å²) in [5.74, 6) is 0. The van der Waals surface area contributed by atoms with Gasteiger partial charge in [0.15, 0.2) is 0 Å². The second-order valence-corrected chi connectivity index (χ2v) is 1.95. The molecule has 0 heterocycles. The van der Waals surface area contributed by atoms with Crippen LogP contribution < -0.4 is 0 Å². The summed E-state index contributed by atoms with van der Waals surface area (Å²) in [7, 11) is 0. The van der Waals surface area contributed by atoms with E-state index in [2.05, 4.69) is 0 Å².